The first kappa shape index (κ1) is 28.9. The molecule has 5 aromatic rings. The molecule has 1 N–H and O–H groups in total. The number of carboxylic acid groups (broad SMARTS) is 1. The summed E-state index contributed by atoms with van der Waals surface area (Å²) in [5, 5.41) is 12.4. The number of hydrogen-bond donors (Lipinski definition) is 1. The van der Waals surface area contributed by atoms with Gasteiger partial charge in [-0.3, -0.25) is 0 Å². The van der Waals surface area contributed by atoms with Gasteiger partial charge in [-0.1, -0.05) is 54.9 Å². The fraction of sp³-hybridized carbons (Fsp3) is 0.194. The highest BCUT2D eigenvalue weighted by Gasteiger charge is 2.39. The molecule has 1 heterocycles. The summed E-state index contributed by atoms with van der Waals surface area (Å²) in [5.41, 5.74) is 3.30. The normalized spacial score (nSPS) is 13.1. The predicted octanol–water partition coefficient (Wildman–Crippen LogP) is 6.23. The second-order valence-corrected chi connectivity index (χ2v) is 14.5. The van der Waals surface area contributed by atoms with Crippen LogP contribution in [0, 0.1) is 0 Å². The largest absolute Gasteiger partial charge is 1.00 e. The third kappa shape index (κ3) is 5.38. The van der Waals surface area contributed by atoms with Gasteiger partial charge in [-0.05, 0) is 79.7 Å². The van der Waals surface area contributed by atoms with Crippen molar-refractivity contribution in [3.8, 4) is 5.75 Å². The molecule has 0 saturated carbocycles. The van der Waals surface area contributed by atoms with Gasteiger partial charge < -0.3 is 26.6 Å². The standard InChI is InChI=1S/C31H30BrN2O3P.ClH/c1-5-34-28-9-7-6-8-26(28)27-20-25(18-19-29(27)34)38(31(2,3)4,37-24-16-12-22(32)13-17-24)33-23-14-10-21(11-15-23)30(35)36;/h6-20H,5H2,1-4H3,(H,35,36);1H/p-1. The molecule has 0 aliphatic carbocycles. The summed E-state index contributed by atoms with van der Waals surface area (Å²) in [6.07, 6.45) is 0. The molecule has 4 aromatic carbocycles. The summed E-state index contributed by atoms with van der Waals surface area (Å²) < 4.78 is 15.6. The molecule has 0 bridgehead atoms. The van der Waals surface area contributed by atoms with Crippen LogP contribution in [0.2, 0.25) is 0 Å². The summed E-state index contributed by atoms with van der Waals surface area (Å²) in [7, 11) is -2.76. The average molecular weight is 625 g/mol. The van der Waals surface area contributed by atoms with Gasteiger partial charge in [0.05, 0.1) is 11.3 Å². The molecule has 0 spiro atoms. The van der Waals surface area contributed by atoms with Gasteiger partial charge in [0.1, 0.15) is 5.75 Å². The van der Waals surface area contributed by atoms with Gasteiger partial charge in [0.25, 0.3) is 0 Å². The third-order valence-corrected chi connectivity index (χ3v) is 11.1. The van der Waals surface area contributed by atoms with E-state index in [4.69, 9.17) is 9.27 Å². The third-order valence-electron chi connectivity index (χ3n) is 6.75. The Bertz CT molecular complexity index is 1710. The van der Waals surface area contributed by atoms with Crippen LogP contribution in [-0.2, 0) is 6.54 Å². The minimum Gasteiger partial charge on any atom is -1.00 e. The van der Waals surface area contributed by atoms with E-state index in [0.717, 1.165) is 22.1 Å². The minimum atomic E-state index is -2.76. The van der Waals surface area contributed by atoms with Crippen LogP contribution < -0.4 is 22.2 Å². The van der Waals surface area contributed by atoms with Crippen LogP contribution in [0.15, 0.2) is 100 Å². The van der Waals surface area contributed by atoms with Crippen molar-refractivity contribution in [2.75, 3.05) is 0 Å². The zero-order valence-electron chi connectivity index (χ0n) is 22.2. The highest BCUT2D eigenvalue weighted by Crippen LogP contribution is 2.62. The molecular weight excluding hydrogens is 595 g/mol. The van der Waals surface area contributed by atoms with E-state index >= 15 is 0 Å². The number of rotatable bonds is 6. The van der Waals surface area contributed by atoms with Crippen LogP contribution in [0.3, 0.4) is 0 Å². The molecule has 1 atom stereocenters. The summed E-state index contributed by atoms with van der Waals surface area (Å²) >= 11 is 3.52. The van der Waals surface area contributed by atoms with Gasteiger partial charge in [-0.2, -0.15) is 0 Å². The fourth-order valence-electron chi connectivity index (χ4n) is 4.86. The molecule has 0 saturated heterocycles. The number of para-hydroxylation sites is 1. The molecule has 8 heteroatoms. The van der Waals surface area contributed by atoms with Crippen molar-refractivity contribution in [1.29, 1.82) is 0 Å². The second-order valence-electron chi connectivity index (χ2n) is 10.2. The molecule has 39 heavy (non-hydrogen) atoms. The highest BCUT2D eigenvalue weighted by molar-refractivity contribution is 9.10. The number of carbonyl (C=O) groups is 1. The maximum Gasteiger partial charge on any atom is 0.335 e. The van der Waals surface area contributed by atoms with Gasteiger partial charge in [0, 0.05) is 43.3 Å². The van der Waals surface area contributed by atoms with Crippen LogP contribution in [0.1, 0.15) is 38.1 Å². The smallest absolute Gasteiger partial charge is 0.335 e. The number of fused-ring (bicyclic) bond motifs is 3. The van der Waals surface area contributed by atoms with Gasteiger partial charge >= 0.3 is 5.97 Å². The molecule has 0 aliphatic heterocycles. The average Bonchev–Trinajstić information content (AvgIpc) is 3.22. The Morgan fingerprint density at radius 3 is 2.18 bits per heavy atom. The molecule has 0 aliphatic rings. The monoisotopic (exact) mass is 623 g/mol. The van der Waals surface area contributed by atoms with E-state index < -0.39 is 13.3 Å². The Hall–Kier alpha value is -3.05. The van der Waals surface area contributed by atoms with E-state index in [1.807, 2.05) is 24.3 Å². The lowest BCUT2D eigenvalue weighted by molar-refractivity contribution is -0.0000237. The van der Waals surface area contributed by atoms with Crippen molar-refractivity contribution >= 4 is 62.0 Å². The van der Waals surface area contributed by atoms with Crippen molar-refractivity contribution in [3.05, 3.63) is 101 Å². The first-order valence-corrected chi connectivity index (χ1v) is 15.0. The van der Waals surface area contributed by atoms with E-state index in [0.29, 0.717) is 5.69 Å². The van der Waals surface area contributed by atoms with Crippen LogP contribution in [-0.4, -0.2) is 20.8 Å². The van der Waals surface area contributed by atoms with Crippen molar-refractivity contribution in [3.63, 3.8) is 0 Å². The lowest BCUT2D eigenvalue weighted by atomic mass is 10.1. The molecule has 5 rings (SSSR count). The second kappa shape index (κ2) is 11.2. The quantitative estimate of drug-likeness (QED) is 0.228. The van der Waals surface area contributed by atoms with E-state index in [1.165, 1.54) is 21.8 Å². The number of benzene rings is 4. The Kier molecular flexibility index (Phi) is 8.32. The van der Waals surface area contributed by atoms with Gasteiger partial charge in [0.2, 0.25) is 0 Å². The predicted molar refractivity (Wildman–Crippen MR) is 162 cm³/mol. The van der Waals surface area contributed by atoms with Crippen molar-refractivity contribution in [2.45, 2.75) is 39.4 Å². The summed E-state index contributed by atoms with van der Waals surface area (Å²) in [6.45, 7) is 9.52. The highest BCUT2D eigenvalue weighted by atomic mass is 79.9. The first-order valence-electron chi connectivity index (χ1n) is 12.6. The molecule has 1 aromatic heterocycles. The molecule has 0 fully saturated rings. The fourth-order valence-corrected chi connectivity index (χ4v) is 8.20. The number of hydrogen-bond acceptors (Lipinski definition) is 3. The van der Waals surface area contributed by atoms with E-state index in [2.05, 4.69) is 90.7 Å². The maximum atomic E-state index is 11.5. The SMILES string of the molecule is CCn1c2ccccc2c2cc(P(=Nc3ccc(C(=O)O)cc3)(Oc3ccc(Br)cc3)C(C)(C)C)ccc21.[Cl-]. The van der Waals surface area contributed by atoms with Gasteiger partial charge in [-0.15, -0.1) is 0 Å². The number of nitrogens with zero attached hydrogens (tertiary/aromatic N) is 2. The topological polar surface area (TPSA) is 63.8 Å². The zero-order chi connectivity index (χ0) is 27.1. The Morgan fingerprint density at radius 1 is 0.923 bits per heavy atom. The summed E-state index contributed by atoms with van der Waals surface area (Å²) in [6, 6.07) is 29.6. The molecule has 5 nitrogen and oxygen atoms in total. The number of halogens is 2. The molecule has 0 amide bonds. The lowest BCUT2D eigenvalue weighted by Gasteiger charge is -2.37. The Labute approximate surface area is 243 Å². The van der Waals surface area contributed by atoms with Crippen molar-refractivity contribution < 1.29 is 26.8 Å². The van der Waals surface area contributed by atoms with Crippen LogP contribution in [0.5, 0.6) is 5.75 Å². The Balaban J connectivity index is 0.00000353. The van der Waals surface area contributed by atoms with E-state index in [-0.39, 0.29) is 23.1 Å². The number of aromatic carboxylic acids is 1. The molecule has 0 radical (unpaired) electrons. The number of aromatic nitrogens is 1. The zero-order valence-corrected chi connectivity index (χ0v) is 25.5. The maximum absolute atomic E-state index is 11.5. The summed E-state index contributed by atoms with van der Waals surface area (Å²) in [5.74, 6) is -0.226. The Morgan fingerprint density at radius 2 is 1.56 bits per heavy atom. The van der Waals surface area contributed by atoms with Crippen LogP contribution >= 0.6 is 23.2 Å². The lowest BCUT2D eigenvalue weighted by Crippen LogP contribution is -3.00. The summed E-state index contributed by atoms with van der Waals surface area (Å²) in [4.78, 5) is 11.5. The van der Waals surface area contributed by atoms with Gasteiger partial charge in [0.15, 0.2) is 7.28 Å². The van der Waals surface area contributed by atoms with Crippen LogP contribution in [0.25, 0.3) is 21.8 Å². The molecule has 202 valence electrons. The minimum absolute atomic E-state index is 0. The van der Waals surface area contributed by atoms with E-state index in [9.17, 15) is 9.90 Å². The van der Waals surface area contributed by atoms with E-state index in [1.54, 1.807) is 24.3 Å². The molecule has 1 unspecified atom stereocenters. The van der Waals surface area contributed by atoms with Crippen LogP contribution in [0.4, 0.5) is 5.69 Å². The van der Waals surface area contributed by atoms with Crippen molar-refractivity contribution in [2.24, 2.45) is 4.74 Å². The number of aryl methyl sites for hydroxylation is 1. The first-order chi connectivity index (χ1) is 18.1. The van der Waals surface area contributed by atoms with Gasteiger partial charge in [-0.25, -0.2) is 9.54 Å². The van der Waals surface area contributed by atoms with Crippen molar-refractivity contribution in [1.82, 2.24) is 4.57 Å². The number of carboxylic acids is 1. The molecular formula is C31H30BrClN2O3P-.